The van der Waals surface area contributed by atoms with Gasteiger partial charge in [-0.05, 0) is 18.2 Å². The lowest BCUT2D eigenvalue weighted by Gasteiger charge is -1.95. The molecule has 0 bridgehead atoms. The van der Waals surface area contributed by atoms with E-state index in [1.165, 1.54) is 6.34 Å². The molecule has 0 amide bonds. The predicted octanol–water partition coefficient (Wildman–Crippen LogP) is 1.18. The van der Waals surface area contributed by atoms with Crippen molar-refractivity contribution in [3.63, 3.8) is 0 Å². The van der Waals surface area contributed by atoms with Gasteiger partial charge in [0.15, 0.2) is 0 Å². The summed E-state index contributed by atoms with van der Waals surface area (Å²) in [6, 6.07) is 5.48. The van der Waals surface area contributed by atoms with E-state index < -0.39 is 0 Å². The van der Waals surface area contributed by atoms with Crippen LogP contribution >= 0.6 is 0 Å². The zero-order valence-electron chi connectivity index (χ0n) is 5.28. The van der Waals surface area contributed by atoms with E-state index in [0.717, 1.165) is 17.1 Å². The summed E-state index contributed by atoms with van der Waals surface area (Å²) in [6.07, 6.45) is 1.53. The second-order valence-electron chi connectivity index (χ2n) is 2.12. The molecule has 1 aromatic rings. The molecule has 3 nitrogen and oxygen atoms in total. The Labute approximate surface area is 58.6 Å². The van der Waals surface area contributed by atoms with E-state index in [-0.39, 0.29) is 0 Å². The van der Waals surface area contributed by atoms with Crippen LogP contribution in [0.5, 0.6) is 0 Å². The van der Waals surface area contributed by atoms with Crippen molar-refractivity contribution in [1.82, 2.24) is 5.32 Å². The lowest BCUT2D eigenvalue weighted by atomic mass is 10.2. The van der Waals surface area contributed by atoms with Gasteiger partial charge in [-0.3, -0.25) is 0 Å². The van der Waals surface area contributed by atoms with E-state index in [4.69, 9.17) is 5.73 Å². The number of anilines is 1. The first-order chi connectivity index (χ1) is 4.86. The highest BCUT2D eigenvalue weighted by atomic mass is 15.0. The van der Waals surface area contributed by atoms with Gasteiger partial charge in [0.05, 0.1) is 11.4 Å². The maximum atomic E-state index is 5.52. The monoisotopic (exact) mass is 132 g/mol. The molecule has 1 aliphatic heterocycles. The van der Waals surface area contributed by atoms with Crippen LogP contribution in [0.1, 0.15) is 0 Å². The maximum Gasteiger partial charge on any atom is 0.116 e. The van der Waals surface area contributed by atoms with Gasteiger partial charge in [-0.25, -0.2) is 10.3 Å². The Bertz CT molecular complexity index is 291. The third kappa shape index (κ3) is 0.639. The Hall–Kier alpha value is -1.51. The van der Waals surface area contributed by atoms with Gasteiger partial charge in [-0.2, -0.15) is 0 Å². The minimum atomic E-state index is 0.730. The second kappa shape index (κ2) is 1.73. The number of nitrogens with zero attached hydrogens (tertiary/aromatic N) is 2. The average Bonchev–Trinajstić information content (AvgIpc) is 2.33. The fraction of sp³-hybridized carbons (Fsp3) is 0. The minimum absolute atomic E-state index is 0.730. The fourth-order valence-corrected chi connectivity index (χ4v) is 0.906. The highest BCUT2D eigenvalue weighted by molar-refractivity contribution is 5.83. The summed E-state index contributed by atoms with van der Waals surface area (Å²) >= 11 is 0. The molecule has 0 aromatic heterocycles. The molecular formula is C7H6N3. The number of hydrogen-bond acceptors (Lipinski definition) is 2. The molecule has 0 saturated carbocycles. The van der Waals surface area contributed by atoms with E-state index in [0.29, 0.717) is 0 Å². The van der Waals surface area contributed by atoms with E-state index in [1.54, 1.807) is 0 Å². The molecule has 0 fully saturated rings. The number of hydrogen-bond donors (Lipinski definition) is 1. The summed E-state index contributed by atoms with van der Waals surface area (Å²) in [5.41, 5.74) is 8.00. The van der Waals surface area contributed by atoms with Crippen LogP contribution in [0.2, 0.25) is 0 Å². The van der Waals surface area contributed by atoms with E-state index in [2.05, 4.69) is 10.3 Å². The smallest absolute Gasteiger partial charge is 0.116 e. The molecule has 2 rings (SSSR count). The number of nitrogen functional groups attached to an aromatic ring is 1. The third-order valence-corrected chi connectivity index (χ3v) is 1.39. The summed E-state index contributed by atoms with van der Waals surface area (Å²) < 4.78 is 0. The molecule has 49 valence electrons. The van der Waals surface area contributed by atoms with Crippen LogP contribution in [0.4, 0.5) is 17.1 Å². The van der Waals surface area contributed by atoms with Crippen molar-refractivity contribution in [2.75, 3.05) is 5.73 Å². The maximum absolute atomic E-state index is 5.52. The second-order valence-corrected chi connectivity index (χ2v) is 2.12. The third-order valence-electron chi connectivity index (χ3n) is 1.39. The summed E-state index contributed by atoms with van der Waals surface area (Å²) in [4.78, 5) is 3.99. The predicted molar refractivity (Wildman–Crippen MR) is 40.8 cm³/mol. The molecular weight excluding hydrogens is 126 g/mol. The molecule has 1 aliphatic rings. The van der Waals surface area contributed by atoms with E-state index in [9.17, 15) is 0 Å². The Morgan fingerprint density at radius 1 is 1.20 bits per heavy atom. The van der Waals surface area contributed by atoms with Crippen molar-refractivity contribution in [3.05, 3.63) is 18.2 Å². The van der Waals surface area contributed by atoms with Crippen molar-refractivity contribution in [3.8, 4) is 0 Å². The van der Waals surface area contributed by atoms with Gasteiger partial charge in [0, 0.05) is 5.69 Å². The molecule has 0 atom stereocenters. The van der Waals surface area contributed by atoms with E-state index in [1.807, 2.05) is 18.2 Å². The molecule has 10 heavy (non-hydrogen) atoms. The van der Waals surface area contributed by atoms with Crippen LogP contribution in [-0.2, 0) is 0 Å². The summed E-state index contributed by atoms with van der Waals surface area (Å²) in [5.74, 6) is 0. The Kier molecular flexibility index (Phi) is 0.917. The van der Waals surface area contributed by atoms with Crippen molar-refractivity contribution >= 4 is 23.4 Å². The standard InChI is InChI=1S/C7H6N3/c8-5-1-2-6-7(3-5)10-4-9-6/h1-4H,8H2. The first kappa shape index (κ1) is 5.29. The molecule has 0 spiro atoms. The largest absolute Gasteiger partial charge is 0.399 e. The van der Waals surface area contributed by atoms with Crippen LogP contribution in [0.15, 0.2) is 23.2 Å². The lowest BCUT2D eigenvalue weighted by molar-refractivity contribution is 1.35. The molecule has 0 unspecified atom stereocenters. The van der Waals surface area contributed by atoms with Gasteiger partial charge >= 0.3 is 0 Å². The van der Waals surface area contributed by atoms with Crippen LogP contribution in [0.25, 0.3) is 0 Å². The molecule has 0 saturated heterocycles. The average molecular weight is 132 g/mol. The van der Waals surface area contributed by atoms with Gasteiger partial charge < -0.3 is 5.73 Å². The number of benzene rings is 1. The van der Waals surface area contributed by atoms with Gasteiger partial charge in [-0.15, -0.1) is 0 Å². The zero-order chi connectivity index (χ0) is 6.97. The molecule has 1 radical (unpaired) electrons. The molecule has 3 heteroatoms. The zero-order valence-corrected chi connectivity index (χ0v) is 5.28. The topological polar surface area (TPSA) is 52.5 Å². The van der Waals surface area contributed by atoms with E-state index >= 15 is 0 Å². The normalized spacial score (nSPS) is 12.8. The minimum Gasteiger partial charge on any atom is -0.399 e. The van der Waals surface area contributed by atoms with Crippen molar-refractivity contribution in [2.24, 2.45) is 4.99 Å². The Morgan fingerprint density at radius 2 is 2.10 bits per heavy atom. The van der Waals surface area contributed by atoms with Crippen LogP contribution in [0.3, 0.4) is 0 Å². The Morgan fingerprint density at radius 3 is 3.00 bits per heavy atom. The van der Waals surface area contributed by atoms with Crippen LogP contribution in [-0.4, -0.2) is 6.34 Å². The van der Waals surface area contributed by atoms with Gasteiger partial charge in [0.2, 0.25) is 0 Å². The highest BCUT2D eigenvalue weighted by Crippen LogP contribution is 2.29. The quantitative estimate of drug-likeness (QED) is 0.529. The SMILES string of the molecule is Nc1ccc2c(c1)N=C[N]2. The fourth-order valence-electron chi connectivity index (χ4n) is 0.906. The van der Waals surface area contributed by atoms with Crippen LogP contribution < -0.4 is 11.1 Å². The molecule has 1 heterocycles. The van der Waals surface area contributed by atoms with Gasteiger partial charge in [-0.1, -0.05) is 0 Å². The highest BCUT2D eigenvalue weighted by Gasteiger charge is 2.05. The van der Waals surface area contributed by atoms with Crippen molar-refractivity contribution in [2.45, 2.75) is 0 Å². The number of nitrogens with two attached hydrogens (primary N) is 1. The van der Waals surface area contributed by atoms with Crippen LogP contribution in [0, 0.1) is 0 Å². The molecule has 2 N–H and O–H groups in total. The Balaban J connectivity index is 2.60. The first-order valence-corrected chi connectivity index (χ1v) is 2.99. The van der Waals surface area contributed by atoms with Crippen molar-refractivity contribution < 1.29 is 0 Å². The number of rotatable bonds is 0. The summed E-state index contributed by atoms with van der Waals surface area (Å²) in [7, 11) is 0. The van der Waals surface area contributed by atoms with Gasteiger partial charge in [0.25, 0.3) is 0 Å². The molecule has 0 aliphatic carbocycles. The number of fused-ring (bicyclic) bond motifs is 1. The van der Waals surface area contributed by atoms with Gasteiger partial charge in [0.1, 0.15) is 6.34 Å². The molecule has 1 aromatic carbocycles. The van der Waals surface area contributed by atoms with Crippen molar-refractivity contribution in [1.29, 1.82) is 0 Å². The number of aliphatic imine (C=N–C) groups is 1. The first-order valence-electron chi connectivity index (χ1n) is 2.99. The summed E-state index contributed by atoms with van der Waals surface area (Å²) in [6.45, 7) is 0. The summed E-state index contributed by atoms with van der Waals surface area (Å²) in [5, 5.41) is 3.99. The lowest BCUT2D eigenvalue weighted by Crippen LogP contribution is -1.86.